The average molecular weight is 295 g/mol. The molecule has 1 aliphatic heterocycles. The van der Waals surface area contributed by atoms with E-state index in [4.69, 9.17) is 4.99 Å². The second-order valence-corrected chi connectivity index (χ2v) is 7.43. The van der Waals surface area contributed by atoms with E-state index in [-0.39, 0.29) is 5.91 Å². The molecule has 0 unspecified atom stereocenters. The number of nitrogens with zero attached hydrogens (tertiary/aromatic N) is 1. The molecule has 0 aromatic rings. The van der Waals surface area contributed by atoms with Crippen molar-refractivity contribution in [1.82, 2.24) is 10.6 Å². The minimum atomic E-state index is 0.228. The number of rotatable bonds is 4. The number of carbonyl (C=O) groups is 1. The Labute approximate surface area is 125 Å². The summed E-state index contributed by atoms with van der Waals surface area (Å²) in [6.07, 6.45) is 9.02. The summed E-state index contributed by atoms with van der Waals surface area (Å²) in [6, 6.07) is 0. The summed E-state index contributed by atoms with van der Waals surface area (Å²) in [4.78, 5) is 16.2. The van der Waals surface area contributed by atoms with Gasteiger partial charge in [0.1, 0.15) is 0 Å². The van der Waals surface area contributed by atoms with Crippen LogP contribution in [0.15, 0.2) is 4.99 Å². The highest BCUT2D eigenvalue weighted by Gasteiger charge is 2.34. The molecule has 4 nitrogen and oxygen atoms in total. The molecule has 1 heterocycles. The number of nitrogens with one attached hydrogen (secondary N) is 2. The molecule has 112 valence electrons. The van der Waals surface area contributed by atoms with Gasteiger partial charge in [0, 0.05) is 31.3 Å². The Bertz CT molecular complexity index is 387. The van der Waals surface area contributed by atoms with Crippen molar-refractivity contribution in [1.29, 1.82) is 0 Å². The van der Waals surface area contributed by atoms with Gasteiger partial charge in [0.15, 0.2) is 5.17 Å². The van der Waals surface area contributed by atoms with Gasteiger partial charge in [-0.15, -0.1) is 0 Å². The van der Waals surface area contributed by atoms with Gasteiger partial charge < -0.3 is 10.6 Å². The molecule has 0 radical (unpaired) electrons. The molecule has 20 heavy (non-hydrogen) atoms. The predicted molar refractivity (Wildman–Crippen MR) is 84.0 cm³/mol. The number of thioether (sulfide) groups is 1. The zero-order valence-corrected chi connectivity index (χ0v) is 12.9. The molecular formula is C15H25N3OS. The van der Waals surface area contributed by atoms with Crippen LogP contribution < -0.4 is 10.6 Å². The fourth-order valence-corrected chi connectivity index (χ4v) is 4.29. The van der Waals surface area contributed by atoms with Gasteiger partial charge >= 0.3 is 0 Å². The normalized spacial score (nSPS) is 25.1. The summed E-state index contributed by atoms with van der Waals surface area (Å²) >= 11 is 1.87. The maximum absolute atomic E-state index is 11.5. The van der Waals surface area contributed by atoms with E-state index in [0.29, 0.717) is 17.9 Å². The Morgan fingerprint density at radius 1 is 1.25 bits per heavy atom. The van der Waals surface area contributed by atoms with E-state index >= 15 is 0 Å². The van der Waals surface area contributed by atoms with Crippen LogP contribution in [0.4, 0.5) is 0 Å². The lowest BCUT2D eigenvalue weighted by atomic mass is 9.75. The second kappa shape index (κ2) is 6.37. The highest BCUT2D eigenvalue weighted by atomic mass is 32.2. The Morgan fingerprint density at radius 2 is 2.05 bits per heavy atom. The molecule has 1 amide bonds. The molecule has 2 N–H and O–H groups in total. The molecule has 0 aromatic carbocycles. The van der Waals surface area contributed by atoms with E-state index in [2.05, 4.69) is 10.6 Å². The van der Waals surface area contributed by atoms with Crippen LogP contribution >= 0.6 is 11.8 Å². The first-order chi connectivity index (χ1) is 9.77. The summed E-state index contributed by atoms with van der Waals surface area (Å²) < 4.78 is 0. The van der Waals surface area contributed by atoms with Crippen molar-refractivity contribution in [2.24, 2.45) is 16.3 Å². The monoisotopic (exact) mass is 295 g/mol. The maximum Gasteiger partial charge on any atom is 0.223 e. The first-order valence-electron chi connectivity index (χ1n) is 7.96. The van der Waals surface area contributed by atoms with Crippen molar-refractivity contribution < 1.29 is 4.79 Å². The summed E-state index contributed by atoms with van der Waals surface area (Å²) in [5.74, 6) is 1.75. The van der Waals surface area contributed by atoms with Crippen LogP contribution in [0.5, 0.6) is 0 Å². The molecular weight excluding hydrogens is 270 g/mol. The van der Waals surface area contributed by atoms with E-state index in [1.165, 1.54) is 37.9 Å². The van der Waals surface area contributed by atoms with Crippen molar-refractivity contribution in [3.05, 3.63) is 0 Å². The van der Waals surface area contributed by atoms with Crippen LogP contribution in [0.25, 0.3) is 0 Å². The zero-order chi connectivity index (χ0) is 13.8. The van der Waals surface area contributed by atoms with E-state index < -0.39 is 0 Å². The molecule has 3 aliphatic rings. The molecule has 2 aliphatic carbocycles. The number of hydrogen-bond donors (Lipinski definition) is 2. The fourth-order valence-electron chi connectivity index (χ4n) is 3.11. The summed E-state index contributed by atoms with van der Waals surface area (Å²) in [7, 11) is 0. The van der Waals surface area contributed by atoms with E-state index in [0.717, 1.165) is 31.1 Å². The van der Waals surface area contributed by atoms with E-state index in [1.54, 1.807) is 0 Å². The number of amides is 1. The number of carbonyl (C=O) groups excluding carboxylic acids is 1. The standard InChI is InChI=1S/C15H25N3OS/c19-13(12-4-5-12)16-8-9-17-14-18-10-15(11-20-14)6-2-1-3-7-15/h12H,1-11H2,(H,16,19)(H,17,18). The van der Waals surface area contributed by atoms with Crippen LogP contribution in [0.2, 0.25) is 0 Å². The maximum atomic E-state index is 11.5. The number of hydrogen-bond acceptors (Lipinski definition) is 4. The summed E-state index contributed by atoms with van der Waals surface area (Å²) in [6.45, 7) is 2.49. The van der Waals surface area contributed by atoms with Crippen molar-refractivity contribution in [2.75, 3.05) is 25.4 Å². The van der Waals surface area contributed by atoms with Gasteiger partial charge in [0.2, 0.25) is 5.91 Å². The predicted octanol–water partition coefficient (Wildman–Crippen LogP) is 2.16. The fraction of sp³-hybridized carbons (Fsp3) is 0.867. The number of amidine groups is 1. The van der Waals surface area contributed by atoms with E-state index in [1.807, 2.05) is 11.8 Å². The SMILES string of the molecule is O=C(NCCNC1=NCC2(CCCCC2)CS1)C1CC1. The van der Waals surface area contributed by atoms with Gasteiger partial charge in [-0.2, -0.15) is 0 Å². The van der Waals surface area contributed by atoms with Gasteiger partial charge in [0.05, 0.1) is 0 Å². The van der Waals surface area contributed by atoms with Crippen LogP contribution in [0.1, 0.15) is 44.9 Å². The molecule has 0 bridgehead atoms. The van der Waals surface area contributed by atoms with Crippen molar-refractivity contribution in [2.45, 2.75) is 44.9 Å². The Hall–Kier alpha value is -0.710. The molecule has 2 saturated carbocycles. The third kappa shape index (κ3) is 3.68. The molecule has 2 fully saturated rings. The summed E-state index contributed by atoms with van der Waals surface area (Å²) in [5.41, 5.74) is 0.494. The third-order valence-corrected chi connectivity index (χ3v) is 5.94. The minimum absolute atomic E-state index is 0.228. The lowest BCUT2D eigenvalue weighted by Crippen LogP contribution is -2.39. The topological polar surface area (TPSA) is 53.5 Å². The Balaban J connectivity index is 1.35. The highest BCUT2D eigenvalue weighted by Crippen LogP contribution is 2.41. The lowest BCUT2D eigenvalue weighted by molar-refractivity contribution is -0.122. The Kier molecular flexibility index (Phi) is 4.54. The van der Waals surface area contributed by atoms with Crippen molar-refractivity contribution in [3.63, 3.8) is 0 Å². The highest BCUT2D eigenvalue weighted by molar-refractivity contribution is 8.13. The Morgan fingerprint density at radius 3 is 2.70 bits per heavy atom. The molecule has 0 atom stereocenters. The van der Waals surface area contributed by atoms with Gasteiger partial charge in [-0.1, -0.05) is 31.0 Å². The smallest absolute Gasteiger partial charge is 0.223 e. The quantitative estimate of drug-likeness (QED) is 0.782. The minimum Gasteiger partial charge on any atom is -0.363 e. The second-order valence-electron chi connectivity index (χ2n) is 6.46. The molecule has 0 aromatic heterocycles. The lowest BCUT2D eigenvalue weighted by Gasteiger charge is -2.38. The van der Waals surface area contributed by atoms with E-state index in [9.17, 15) is 4.79 Å². The van der Waals surface area contributed by atoms with Gasteiger partial charge in [-0.3, -0.25) is 9.79 Å². The average Bonchev–Trinajstić information content (AvgIpc) is 3.31. The first kappa shape index (κ1) is 14.2. The van der Waals surface area contributed by atoms with Crippen LogP contribution in [0, 0.1) is 11.3 Å². The van der Waals surface area contributed by atoms with Crippen molar-refractivity contribution in [3.8, 4) is 0 Å². The summed E-state index contributed by atoms with van der Waals surface area (Å²) in [5, 5.41) is 7.40. The van der Waals surface area contributed by atoms with Crippen LogP contribution in [0.3, 0.4) is 0 Å². The molecule has 3 rings (SSSR count). The van der Waals surface area contributed by atoms with Crippen LogP contribution in [-0.4, -0.2) is 36.5 Å². The first-order valence-corrected chi connectivity index (χ1v) is 8.95. The molecule has 0 saturated heterocycles. The zero-order valence-electron chi connectivity index (χ0n) is 12.1. The molecule has 1 spiro atoms. The number of aliphatic imine (C=N–C) groups is 1. The van der Waals surface area contributed by atoms with Gasteiger partial charge in [-0.05, 0) is 31.1 Å². The largest absolute Gasteiger partial charge is 0.363 e. The van der Waals surface area contributed by atoms with Crippen LogP contribution in [-0.2, 0) is 4.79 Å². The van der Waals surface area contributed by atoms with Gasteiger partial charge in [0.25, 0.3) is 0 Å². The van der Waals surface area contributed by atoms with Crippen molar-refractivity contribution >= 4 is 22.8 Å². The third-order valence-electron chi connectivity index (χ3n) is 4.64. The molecule has 5 heteroatoms. The van der Waals surface area contributed by atoms with Gasteiger partial charge in [-0.25, -0.2) is 0 Å².